The molecule has 1 aliphatic rings. The van der Waals surface area contributed by atoms with E-state index < -0.39 is 0 Å². The molecule has 0 aliphatic carbocycles. The number of nitrogens with zero attached hydrogens (tertiary/aromatic N) is 4. The maximum atomic E-state index is 6.76. The topological polar surface area (TPSA) is 33.5 Å². The molecule has 59 heavy (non-hydrogen) atoms. The molecule has 288 valence electrons. The monoisotopic (exact) mass is 766 g/mol. The quantitative estimate of drug-likeness (QED) is 0.162. The van der Waals surface area contributed by atoms with Crippen LogP contribution in [0.4, 0.5) is 22.7 Å². The van der Waals surface area contributed by atoms with Crippen molar-refractivity contribution in [3.05, 3.63) is 193 Å². The first-order chi connectivity index (χ1) is 28.7. The second-order valence-corrected chi connectivity index (χ2v) is 16.6. The molecule has 0 saturated carbocycles. The summed E-state index contributed by atoms with van der Waals surface area (Å²) in [5.41, 5.74) is 15.4. The zero-order chi connectivity index (χ0) is 40.3. The molecule has 0 fully saturated rings. The van der Waals surface area contributed by atoms with E-state index in [2.05, 4.69) is 213 Å². The van der Waals surface area contributed by atoms with Crippen molar-refractivity contribution in [2.45, 2.75) is 40.0 Å². The van der Waals surface area contributed by atoms with Gasteiger partial charge in [-0.05, 0) is 102 Å². The van der Waals surface area contributed by atoms with E-state index in [1.165, 1.54) is 55.7 Å². The summed E-state index contributed by atoms with van der Waals surface area (Å²) in [6, 6.07) is 60.5. The first-order valence-corrected chi connectivity index (χ1v) is 20.4. The third-order valence-corrected chi connectivity index (χ3v) is 11.7. The number of para-hydroxylation sites is 3. The van der Waals surface area contributed by atoms with Crippen molar-refractivity contribution < 1.29 is 4.74 Å². The number of hydrogen-bond donors (Lipinski definition) is 0. The van der Waals surface area contributed by atoms with Crippen molar-refractivity contribution >= 4 is 44.6 Å². The maximum Gasteiger partial charge on any atom is 0.137 e. The van der Waals surface area contributed by atoms with Crippen molar-refractivity contribution in [2.24, 2.45) is 0 Å². The van der Waals surface area contributed by atoms with Gasteiger partial charge in [-0.2, -0.15) is 0 Å². The number of anilines is 4. The third kappa shape index (κ3) is 6.40. The van der Waals surface area contributed by atoms with Gasteiger partial charge in [-0.25, -0.2) is 4.98 Å². The molecule has 2 aromatic heterocycles. The van der Waals surface area contributed by atoms with Gasteiger partial charge in [0.15, 0.2) is 0 Å². The minimum Gasteiger partial charge on any atom is -0.457 e. The lowest BCUT2D eigenvalue weighted by molar-refractivity contribution is 0.483. The van der Waals surface area contributed by atoms with Crippen LogP contribution >= 0.6 is 0 Å². The standard InChI is InChI=1S/C54H46N4O/c1-36-31-37(2)52(39-19-10-7-11-20-39)53(51(36)38-17-8-6-9-18-38)57-35-56(47-25-14-15-26-48(47)57)41-21-16-22-42(33-41)59-43-27-28-45-44-23-12-13-24-46(44)58(49(45)34-43)50-32-40(29-30-55-50)54(3,4)5/h6-34H,35H2,1-5H3. The lowest BCUT2D eigenvalue weighted by Crippen LogP contribution is -2.25. The van der Waals surface area contributed by atoms with Crippen LogP contribution in [-0.4, -0.2) is 16.2 Å². The lowest BCUT2D eigenvalue weighted by atomic mass is 9.88. The summed E-state index contributed by atoms with van der Waals surface area (Å²) in [5, 5.41) is 2.35. The van der Waals surface area contributed by atoms with Crippen molar-refractivity contribution in [1.82, 2.24) is 9.55 Å². The van der Waals surface area contributed by atoms with E-state index >= 15 is 0 Å². The van der Waals surface area contributed by atoms with E-state index in [1.807, 2.05) is 12.3 Å². The second-order valence-electron chi connectivity index (χ2n) is 16.6. The molecule has 0 bridgehead atoms. The van der Waals surface area contributed by atoms with Gasteiger partial charge in [0.05, 0.1) is 28.1 Å². The van der Waals surface area contributed by atoms with E-state index in [1.54, 1.807) is 0 Å². The molecule has 7 aromatic carbocycles. The van der Waals surface area contributed by atoms with Crippen molar-refractivity contribution in [1.29, 1.82) is 0 Å². The molecule has 5 heteroatoms. The molecule has 0 radical (unpaired) electrons. The Hall–Kier alpha value is -7.11. The minimum absolute atomic E-state index is 0.00399. The molecule has 5 nitrogen and oxygen atoms in total. The third-order valence-electron chi connectivity index (χ3n) is 11.7. The first kappa shape index (κ1) is 36.2. The largest absolute Gasteiger partial charge is 0.457 e. The highest BCUT2D eigenvalue weighted by molar-refractivity contribution is 6.09. The normalized spacial score (nSPS) is 12.7. The molecule has 0 amide bonds. The minimum atomic E-state index is -0.00399. The Kier molecular flexibility index (Phi) is 8.83. The second kappa shape index (κ2) is 14.4. The summed E-state index contributed by atoms with van der Waals surface area (Å²) in [7, 11) is 0. The van der Waals surface area contributed by atoms with Gasteiger partial charge in [0.1, 0.15) is 24.0 Å². The van der Waals surface area contributed by atoms with Gasteiger partial charge in [-0.15, -0.1) is 0 Å². The van der Waals surface area contributed by atoms with Gasteiger partial charge in [-0.1, -0.05) is 124 Å². The number of benzene rings is 7. The first-order valence-electron chi connectivity index (χ1n) is 20.4. The summed E-state index contributed by atoms with van der Waals surface area (Å²) in [4.78, 5) is 9.78. The van der Waals surface area contributed by atoms with Crippen LogP contribution in [0.3, 0.4) is 0 Å². The van der Waals surface area contributed by atoms with Gasteiger partial charge in [0, 0.05) is 45.9 Å². The van der Waals surface area contributed by atoms with Crippen LogP contribution < -0.4 is 14.5 Å². The van der Waals surface area contributed by atoms with Crippen LogP contribution in [0.1, 0.15) is 37.5 Å². The molecule has 9 aromatic rings. The van der Waals surface area contributed by atoms with Crippen LogP contribution in [0.5, 0.6) is 11.5 Å². The Morgan fingerprint density at radius 1 is 0.525 bits per heavy atom. The van der Waals surface area contributed by atoms with E-state index in [-0.39, 0.29) is 5.41 Å². The highest BCUT2D eigenvalue weighted by Crippen LogP contribution is 2.52. The fourth-order valence-electron chi connectivity index (χ4n) is 8.92. The van der Waals surface area contributed by atoms with E-state index in [0.29, 0.717) is 6.67 Å². The lowest BCUT2D eigenvalue weighted by Gasteiger charge is -2.29. The molecule has 0 spiro atoms. The van der Waals surface area contributed by atoms with Crippen LogP contribution in [0.15, 0.2) is 176 Å². The summed E-state index contributed by atoms with van der Waals surface area (Å²) >= 11 is 0. The zero-order valence-corrected chi connectivity index (χ0v) is 34.1. The molecule has 1 aliphatic heterocycles. The summed E-state index contributed by atoms with van der Waals surface area (Å²) < 4.78 is 9.03. The smallest absolute Gasteiger partial charge is 0.137 e. The van der Waals surface area contributed by atoms with Crippen LogP contribution in [-0.2, 0) is 5.41 Å². The predicted octanol–water partition coefficient (Wildman–Crippen LogP) is 14.5. The van der Waals surface area contributed by atoms with Crippen LogP contribution in [0.2, 0.25) is 0 Å². The number of aromatic nitrogens is 2. The number of pyridine rings is 1. The SMILES string of the molecule is Cc1cc(C)c(-c2ccccc2)c(N2CN(c3cccc(Oc4ccc5c6ccccc6n(-c6cc(C(C)(C)C)ccn6)c5c4)c3)c3ccccc32)c1-c1ccccc1. The molecule has 0 atom stereocenters. The summed E-state index contributed by atoms with van der Waals surface area (Å²) in [5.74, 6) is 2.44. The Labute approximate surface area is 346 Å². The highest BCUT2D eigenvalue weighted by atomic mass is 16.5. The number of fused-ring (bicyclic) bond motifs is 4. The van der Waals surface area contributed by atoms with Crippen molar-refractivity contribution in [3.8, 4) is 39.6 Å². The Morgan fingerprint density at radius 2 is 1.14 bits per heavy atom. The molecular weight excluding hydrogens is 721 g/mol. The maximum absolute atomic E-state index is 6.76. The van der Waals surface area contributed by atoms with Crippen molar-refractivity contribution in [3.63, 3.8) is 0 Å². The molecule has 0 saturated heterocycles. The van der Waals surface area contributed by atoms with E-state index in [9.17, 15) is 0 Å². The van der Waals surface area contributed by atoms with Gasteiger partial charge in [0.2, 0.25) is 0 Å². The average Bonchev–Trinajstić information content (AvgIpc) is 3.80. The highest BCUT2D eigenvalue weighted by Gasteiger charge is 2.32. The summed E-state index contributed by atoms with van der Waals surface area (Å²) in [6.07, 6.45) is 1.92. The van der Waals surface area contributed by atoms with Crippen LogP contribution in [0.25, 0.3) is 49.9 Å². The number of aryl methyl sites for hydroxylation is 2. The van der Waals surface area contributed by atoms with Gasteiger partial charge in [0.25, 0.3) is 0 Å². The molecule has 0 unspecified atom stereocenters. The Bertz CT molecular complexity index is 2950. The Balaban J connectivity index is 1.05. The molecular formula is C54H46N4O. The van der Waals surface area contributed by atoms with E-state index in [4.69, 9.17) is 9.72 Å². The molecule has 3 heterocycles. The fraction of sp³-hybridized carbons (Fsp3) is 0.130. The predicted molar refractivity (Wildman–Crippen MR) is 246 cm³/mol. The van der Waals surface area contributed by atoms with E-state index in [0.717, 1.165) is 45.1 Å². The van der Waals surface area contributed by atoms with Gasteiger partial charge >= 0.3 is 0 Å². The zero-order valence-electron chi connectivity index (χ0n) is 34.1. The molecule has 10 rings (SSSR count). The number of hydrogen-bond acceptors (Lipinski definition) is 4. The Morgan fingerprint density at radius 3 is 1.83 bits per heavy atom. The number of ether oxygens (including phenoxy) is 1. The summed E-state index contributed by atoms with van der Waals surface area (Å²) in [6.45, 7) is 11.8. The van der Waals surface area contributed by atoms with Crippen LogP contribution in [0, 0.1) is 13.8 Å². The average molecular weight is 767 g/mol. The molecule has 0 N–H and O–H groups in total. The van der Waals surface area contributed by atoms with Crippen molar-refractivity contribution in [2.75, 3.05) is 16.5 Å². The van der Waals surface area contributed by atoms with Gasteiger partial charge < -0.3 is 14.5 Å². The fourth-order valence-corrected chi connectivity index (χ4v) is 8.92. The number of rotatable bonds is 7. The van der Waals surface area contributed by atoms with Gasteiger partial charge in [-0.3, -0.25) is 4.57 Å².